The summed E-state index contributed by atoms with van der Waals surface area (Å²) in [6.45, 7) is 12.9. The Kier molecular flexibility index (Phi) is 5.71. The van der Waals surface area contributed by atoms with Gasteiger partial charge in [0.15, 0.2) is 4.90 Å². The molecular formula is C18H29N3O2S. The SMILES string of the molecule is CCCNC(=N)N[S+]([O-])c1c(C)c(C)c2c(c1C)CCC(C)(C)O2. The second kappa shape index (κ2) is 7.23. The monoisotopic (exact) mass is 351 g/mol. The minimum Gasteiger partial charge on any atom is -0.588 e. The molecule has 1 aliphatic rings. The standard InChI is InChI=1S/C18H29N3O2S/c1-7-10-20-17(19)21-24(22)16-12(3)11(2)15-14(13(16)4)8-9-18(5,6)23-15/h7-10H2,1-6H3,(H3,19,20,21). The lowest BCUT2D eigenvalue weighted by atomic mass is 9.88. The fourth-order valence-corrected chi connectivity index (χ4v) is 4.25. The van der Waals surface area contributed by atoms with Gasteiger partial charge in [-0.15, -0.1) is 0 Å². The summed E-state index contributed by atoms with van der Waals surface area (Å²) in [5.41, 5.74) is 4.01. The number of fused-ring (bicyclic) bond motifs is 1. The summed E-state index contributed by atoms with van der Waals surface area (Å²) in [7, 11) is 0. The first kappa shape index (κ1) is 18.9. The van der Waals surface area contributed by atoms with Crippen LogP contribution in [-0.4, -0.2) is 22.7 Å². The summed E-state index contributed by atoms with van der Waals surface area (Å²) in [6, 6.07) is 0. The quantitative estimate of drug-likeness (QED) is 0.442. The lowest BCUT2D eigenvalue weighted by Gasteiger charge is -2.35. The van der Waals surface area contributed by atoms with E-state index in [2.05, 4.69) is 23.9 Å². The fourth-order valence-electron chi connectivity index (χ4n) is 3.06. The molecule has 0 radical (unpaired) electrons. The first-order valence-corrected chi connectivity index (χ1v) is 9.65. The van der Waals surface area contributed by atoms with Gasteiger partial charge in [-0.1, -0.05) is 6.92 Å². The molecule has 0 aliphatic carbocycles. The van der Waals surface area contributed by atoms with Crippen molar-refractivity contribution < 1.29 is 9.29 Å². The summed E-state index contributed by atoms with van der Waals surface area (Å²) in [4.78, 5) is 0.776. The van der Waals surface area contributed by atoms with Crippen LogP contribution in [0.25, 0.3) is 0 Å². The Labute approximate surface area is 148 Å². The summed E-state index contributed by atoms with van der Waals surface area (Å²) < 4.78 is 21.8. The van der Waals surface area contributed by atoms with E-state index in [9.17, 15) is 4.55 Å². The number of benzene rings is 1. The molecule has 1 atom stereocenters. The zero-order chi connectivity index (χ0) is 18.1. The second-order valence-electron chi connectivity index (χ2n) is 7.05. The van der Waals surface area contributed by atoms with Gasteiger partial charge in [-0.2, -0.15) is 4.72 Å². The topological polar surface area (TPSA) is 80.2 Å². The van der Waals surface area contributed by atoms with Gasteiger partial charge in [-0.3, -0.25) is 5.41 Å². The lowest BCUT2D eigenvalue weighted by molar-refractivity contribution is 0.0832. The maximum atomic E-state index is 12.8. The van der Waals surface area contributed by atoms with Crippen LogP contribution in [0.3, 0.4) is 0 Å². The minimum absolute atomic E-state index is 0.0988. The third kappa shape index (κ3) is 3.81. The summed E-state index contributed by atoms with van der Waals surface area (Å²) >= 11 is -1.46. The van der Waals surface area contributed by atoms with Crippen LogP contribution in [0.1, 0.15) is 55.9 Å². The molecule has 6 heteroatoms. The number of hydrogen-bond acceptors (Lipinski definition) is 3. The third-order valence-electron chi connectivity index (χ3n) is 4.60. The Balaban J connectivity index is 2.35. The third-order valence-corrected chi connectivity index (χ3v) is 5.97. The molecule has 0 amide bonds. The predicted molar refractivity (Wildman–Crippen MR) is 99.2 cm³/mol. The molecule has 1 heterocycles. The smallest absolute Gasteiger partial charge is 0.231 e. The number of rotatable bonds is 4. The summed E-state index contributed by atoms with van der Waals surface area (Å²) in [6.07, 6.45) is 2.78. The van der Waals surface area contributed by atoms with Crippen LogP contribution in [0.5, 0.6) is 5.75 Å². The molecular weight excluding hydrogens is 322 g/mol. The van der Waals surface area contributed by atoms with Crippen molar-refractivity contribution in [3.8, 4) is 5.75 Å². The van der Waals surface area contributed by atoms with Gasteiger partial charge in [-0.05, 0) is 59.4 Å². The van der Waals surface area contributed by atoms with Gasteiger partial charge in [0, 0.05) is 23.2 Å². The van der Waals surface area contributed by atoms with E-state index >= 15 is 0 Å². The van der Waals surface area contributed by atoms with Gasteiger partial charge in [0.25, 0.3) is 0 Å². The first-order valence-electron chi connectivity index (χ1n) is 8.50. The van der Waals surface area contributed by atoms with Crippen molar-refractivity contribution >= 4 is 17.3 Å². The van der Waals surface area contributed by atoms with Crippen molar-refractivity contribution in [2.24, 2.45) is 0 Å². The molecule has 0 spiro atoms. The molecule has 24 heavy (non-hydrogen) atoms. The van der Waals surface area contributed by atoms with Crippen LogP contribution in [0.4, 0.5) is 0 Å². The molecule has 0 saturated heterocycles. The molecule has 0 aromatic heterocycles. The Hall–Kier alpha value is -1.40. The highest BCUT2D eigenvalue weighted by molar-refractivity contribution is 7.90. The highest BCUT2D eigenvalue weighted by Gasteiger charge is 2.33. The predicted octanol–water partition coefficient (Wildman–Crippen LogP) is 3.26. The maximum absolute atomic E-state index is 12.8. The molecule has 0 saturated carbocycles. The lowest BCUT2D eigenvalue weighted by Crippen LogP contribution is -2.41. The van der Waals surface area contributed by atoms with Crippen molar-refractivity contribution in [3.63, 3.8) is 0 Å². The highest BCUT2D eigenvalue weighted by Crippen LogP contribution is 2.41. The fraction of sp³-hybridized carbons (Fsp3) is 0.611. The average molecular weight is 352 g/mol. The van der Waals surface area contributed by atoms with E-state index in [0.29, 0.717) is 6.54 Å². The van der Waals surface area contributed by atoms with E-state index in [-0.39, 0.29) is 11.6 Å². The maximum Gasteiger partial charge on any atom is 0.231 e. The molecule has 1 aliphatic heterocycles. The zero-order valence-corrected chi connectivity index (χ0v) is 16.4. The number of nitrogens with one attached hydrogen (secondary N) is 3. The van der Waals surface area contributed by atoms with Crippen LogP contribution in [0.2, 0.25) is 0 Å². The van der Waals surface area contributed by atoms with Crippen LogP contribution in [-0.2, 0) is 17.8 Å². The van der Waals surface area contributed by atoms with Crippen molar-refractivity contribution in [2.45, 2.75) is 71.3 Å². The van der Waals surface area contributed by atoms with E-state index in [1.807, 2.05) is 27.7 Å². The first-order chi connectivity index (χ1) is 11.2. The van der Waals surface area contributed by atoms with Gasteiger partial charge in [0.2, 0.25) is 5.96 Å². The van der Waals surface area contributed by atoms with Crippen molar-refractivity contribution in [2.75, 3.05) is 6.54 Å². The Morgan fingerprint density at radius 3 is 2.54 bits per heavy atom. The van der Waals surface area contributed by atoms with Gasteiger partial charge in [0.05, 0.1) is 0 Å². The summed E-state index contributed by atoms with van der Waals surface area (Å²) in [5, 5.41) is 10.8. The van der Waals surface area contributed by atoms with Gasteiger partial charge in [-0.25, -0.2) is 0 Å². The van der Waals surface area contributed by atoms with E-state index in [4.69, 9.17) is 10.1 Å². The second-order valence-corrected chi connectivity index (χ2v) is 8.20. The van der Waals surface area contributed by atoms with Gasteiger partial charge >= 0.3 is 0 Å². The molecule has 2 rings (SSSR count). The molecule has 1 aromatic carbocycles. The molecule has 0 fully saturated rings. The Morgan fingerprint density at radius 2 is 1.92 bits per heavy atom. The van der Waals surface area contributed by atoms with Crippen molar-refractivity contribution in [3.05, 3.63) is 22.3 Å². The Morgan fingerprint density at radius 1 is 1.25 bits per heavy atom. The van der Waals surface area contributed by atoms with Crippen LogP contribution < -0.4 is 14.8 Å². The minimum atomic E-state index is -1.46. The average Bonchev–Trinajstić information content (AvgIpc) is 2.50. The molecule has 1 unspecified atom stereocenters. The molecule has 134 valence electrons. The molecule has 3 N–H and O–H groups in total. The van der Waals surface area contributed by atoms with E-state index in [1.54, 1.807) is 0 Å². The van der Waals surface area contributed by atoms with E-state index in [1.165, 1.54) is 0 Å². The van der Waals surface area contributed by atoms with Crippen LogP contribution >= 0.6 is 0 Å². The molecule has 5 nitrogen and oxygen atoms in total. The van der Waals surface area contributed by atoms with Crippen LogP contribution in [0.15, 0.2) is 4.90 Å². The van der Waals surface area contributed by atoms with Crippen LogP contribution in [0, 0.1) is 26.2 Å². The van der Waals surface area contributed by atoms with Crippen molar-refractivity contribution in [1.82, 2.24) is 10.0 Å². The summed E-state index contributed by atoms with van der Waals surface area (Å²) in [5.74, 6) is 1.04. The number of ether oxygens (including phenoxy) is 1. The normalized spacial score (nSPS) is 16.8. The molecule has 0 bridgehead atoms. The van der Waals surface area contributed by atoms with E-state index in [0.717, 1.165) is 52.2 Å². The van der Waals surface area contributed by atoms with Crippen molar-refractivity contribution in [1.29, 1.82) is 5.41 Å². The van der Waals surface area contributed by atoms with E-state index < -0.39 is 11.4 Å². The number of guanidine groups is 1. The van der Waals surface area contributed by atoms with Gasteiger partial charge in [0.1, 0.15) is 22.7 Å². The largest absolute Gasteiger partial charge is 0.588 e. The van der Waals surface area contributed by atoms with Gasteiger partial charge < -0.3 is 14.6 Å². The Bertz CT molecular complexity index is 644. The molecule has 1 aromatic rings. The highest BCUT2D eigenvalue weighted by atomic mass is 32.2. The number of hydrogen-bond donors (Lipinski definition) is 3. The zero-order valence-electron chi connectivity index (χ0n) is 15.6.